The molecule has 2 heterocycles. The number of benzene rings is 1. The van der Waals surface area contributed by atoms with E-state index in [-0.39, 0.29) is 17.9 Å². The standard InChI is InChI=1S/C19H21ClN6O2/c1-3-16(27)23-13-6-4-12(5-7-13)18(28)26-9-8-14(11-26)24-19-22-10-15(20)17(21-2)25-19/h3-7,10,14H,1,8-9,11H2,2H3,(H,23,27)(H2,21,22,24,25). The predicted molar refractivity (Wildman–Crippen MR) is 110 cm³/mol. The highest BCUT2D eigenvalue weighted by Crippen LogP contribution is 2.21. The lowest BCUT2D eigenvalue weighted by molar-refractivity contribution is -0.111. The molecule has 0 aliphatic carbocycles. The Morgan fingerprint density at radius 2 is 2.07 bits per heavy atom. The zero-order valence-corrected chi connectivity index (χ0v) is 16.2. The van der Waals surface area contributed by atoms with E-state index in [1.807, 2.05) is 0 Å². The van der Waals surface area contributed by atoms with E-state index in [1.54, 1.807) is 36.2 Å². The molecule has 0 bridgehead atoms. The van der Waals surface area contributed by atoms with Gasteiger partial charge >= 0.3 is 0 Å². The second kappa shape index (κ2) is 8.71. The van der Waals surface area contributed by atoms with Crippen LogP contribution in [0.15, 0.2) is 43.1 Å². The Balaban J connectivity index is 1.59. The van der Waals surface area contributed by atoms with Gasteiger partial charge in [-0.1, -0.05) is 18.2 Å². The van der Waals surface area contributed by atoms with Crippen molar-refractivity contribution in [2.45, 2.75) is 12.5 Å². The van der Waals surface area contributed by atoms with Gasteiger partial charge in [0.25, 0.3) is 5.91 Å². The molecule has 3 N–H and O–H groups in total. The molecule has 1 aromatic carbocycles. The molecular formula is C19H21ClN6O2. The summed E-state index contributed by atoms with van der Waals surface area (Å²) in [7, 11) is 1.74. The fourth-order valence-electron chi connectivity index (χ4n) is 2.93. The third-order valence-corrected chi connectivity index (χ3v) is 4.65. The third kappa shape index (κ3) is 4.58. The van der Waals surface area contributed by atoms with Gasteiger partial charge in [-0.05, 0) is 36.8 Å². The first-order chi connectivity index (χ1) is 13.5. The summed E-state index contributed by atoms with van der Waals surface area (Å²) in [6.45, 7) is 4.60. The van der Waals surface area contributed by atoms with Crippen LogP contribution in [0.1, 0.15) is 16.8 Å². The van der Waals surface area contributed by atoms with Crippen molar-refractivity contribution in [2.24, 2.45) is 0 Å². The van der Waals surface area contributed by atoms with Crippen LogP contribution in [0.5, 0.6) is 0 Å². The maximum absolute atomic E-state index is 12.7. The normalized spacial score (nSPS) is 15.8. The summed E-state index contributed by atoms with van der Waals surface area (Å²) in [4.78, 5) is 34.3. The monoisotopic (exact) mass is 400 g/mol. The van der Waals surface area contributed by atoms with E-state index >= 15 is 0 Å². The quantitative estimate of drug-likeness (QED) is 0.644. The number of nitrogens with one attached hydrogen (secondary N) is 3. The van der Waals surface area contributed by atoms with Gasteiger partial charge in [0.2, 0.25) is 11.9 Å². The molecule has 9 heteroatoms. The molecule has 1 aliphatic rings. The summed E-state index contributed by atoms with van der Waals surface area (Å²) in [6.07, 6.45) is 3.52. The van der Waals surface area contributed by atoms with Crippen LogP contribution in [0.3, 0.4) is 0 Å². The number of rotatable bonds is 6. The maximum Gasteiger partial charge on any atom is 0.253 e. The van der Waals surface area contributed by atoms with Crippen molar-refractivity contribution >= 4 is 40.9 Å². The molecule has 1 unspecified atom stereocenters. The SMILES string of the molecule is C=CC(=O)Nc1ccc(C(=O)N2CCC(Nc3ncc(Cl)c(NC)n3)C2)cc1. The molecule has 8 nitrogen and oxygen atoms in total. The lowest BCUT2D eigenvalue weighted by Gasteiger charge is -2.17. The van der Waals surface area contributed by atoms with Crippen LogP contribution in [0.25, 0.3) is 0 Å². The Morgan fingerprint density at radius 3 is 2.75 bits per heavy atom. The molecule has 1 saturated heterocycles. The minimum Gasteiger partial charge on any atom is -0.372 e. The summed E-state index contributed by atoms with van der Waals surface area (Å²) in [5.41, 5.74) is 1.18. The van der Waals surface area contributed by atoms with Crippen molar-refractivity contribution in [1.82, 2.24) is 14.9 Å². The van der Waals surface area contributed by atoms with E-state index in [9.17, 15) is 9.59 Å². The van der Waals surface area contributed by atoms with E-state index < -0.39 is 0 Å². The molecule has 0 saturated carbocycles. The Kier molecular flexibility index (Phi) is 6.10. The molecule has 28 heavy (non-hydrogen) atoms. The number of likely N-dealkylation sites (tertiary alicyclic amines) is 1. The number of carbonyl (C=O) groups is 2. The van der Waals surface area contributed by atoms with Crippen LogP contribution in [-0.2, 0) is 4.79 Å². The van der Waals surface area contributed by atoms with E-state index in [0.717, 1.165) is 6.42 Å². The average Bonchev–Trinajstić information content (AvgIpc) is 3.17. The molecule has 0 spiro atoms. The number of carbonyl (C=O) groups excluding carboxylic acids is 2. The van der Waals surface area contributed by atoms with Crippen molar-refractivity contribution < 1.29 is 9.59 Å². The minimum absolute atomic E-state index is 0.0565. The average molecular weight is 401 g/mol. The minimum atomic E-state index is -0.293. The summed E-state index contributed by atoms with van der Waals surface area (Å²) >= 11 is 6.00. The van der Waals surface area contributed by atoms with Crippen LogP contribution < -0.4 is 16.0 Å². The molecular weight excluding hydrogens is 380 g/mol. The largest absolute Gasteiger partial charge is 0.372 e. The summed E-state index contributed by atoms with van der Waals surface area (Å²) in [5, 5.41) is 9.26. The molecule has 1 fully saturated rings. The van der Waals surface area contributed by atoms with Gasteiger partial charge in [0.05, 0.1) is 6.20 Å². The smallest absolute Gasteiger partial charge is 0.253 e. The van der Waals surface area contributed by atoms with Gasteiger partial charge in [-0.3, -0.25) is 9.59 Å². The molecule has 0 radical (unpaired) electrons. The summed E-state index contributed by atoms with van der Waals surface area (Å²) in [6, 6.07) is 6.84. The molecule has 1 aliphatic heterocycles. The van der Waals surface area contributed by atoms with Gasteiger partial charge < -0.3 is 20.9 Å². The number of hydrogen-bond acceptors (Lipinski definition) is 6. The Labute approximate surface area is 168 Å². The molecule has 3 rings (SSSR count). The number of halogens is 1. The second-order valence-electron chi connectivity index (χ2n) is 6.29. The van der Waals surface area contributed by atoms with E-state index in [0.29, 0.717) is 41.1 Å². The number of aromatic nitrogens is 2. The third-order valence-electron chi connectivity index (χ3n) is 4.37. The van der Waals surface area contributed by atoms with Gasteiger partial charge in [0.15, 0.2) is 0 Å². The maximum atomic E-state index is 12.7. The lowest BCUT2D eigenvalue weighted by Crippen LogP contribution is -2.31. The van der Waals surface area contributed by atoms with Crippen LogP contribution in [0.2, 0.25) is 5.02 Å². The predicted octanol–water partition coefficient (Wildman–Crippen LogP) is 2.62. The van der Waals surface area contributed by atoms with E-state index in [4.69, 9.17) is 11.6 Å². The van der Waals surface area contributed by atoms with Crippen molar-refractivity contribution in [2.75, 3.05) is 36.1 Å². The van der Waals surface area contributed by atoms with E-state index in [1.165, 1.54) is 12.3 Å². The van der Waals surface area contributed by atoms with Crippen LogP contribution in [-0.4, -0.2) is 52.9 Å². The fourth-order valence-corrected chi connectivity index (χ4v) is 3.11. The molecule has 2 amide bonds. The molecule has 1 aromatic heterocycles. The van der Waals surface area contributed by atoms with E-state index in [2.05, 4.69) is 32.5 Å². The first-order valence-corrected chi connectivity index (χ1v) is 9.17. The molecule has 2 aromatic rings. The van der Waals surface area contributed by atoms with Crippen molar-refractivity contribution in [1.29, 1.82) is 0 Å². The van der Waals surface area contributed by atoms with Gasteiger partial charge in [0.1, 0.15) is 10.8 Å². The Morgan fingerprint density at radius 1 is 1.32 bits per heavy atom. The number of nitrogens with zero attached hydrogens (tertiary/aromatic N) is 3. The first-order valence-electron chi connectivity index (χ1n) is 8.79. The zero-order chi connectivity index (χ0) is 20.1. The van der Waals surface area contributed by atoms with Gasteiger partial charge in [-0.2, -0.15) is 4.98 Å². The fraction of sp³-hybridized carbons (Fsp3) is 0.263. The van der Waals surface area contributed by atoms with Gasteiger partial charge in [0, 0.05) is 37.4 Å². The summed E-state index contributed by atoms with van der Waals surface area (Å²) < 4.78 is 0. The summed E-state index contributed by atoms with van der Waals surface area (Å²) in [5.74, 6) is 0.668. The van der Waals surface area contributed by atoms with Crippen molar-refractivity contribution in [3.63, 3.8) is 0 Å². The number of amides is 2. The van der Waals surface area contributed by atoms with Crippen molar-refractivity contribution in [3.8, 4) is 0 Å². The van der Waals surface area contributed by atoms with Gasteiger partial charge in [-0.15, -0.1) is 0 Å². The Hall–Kier alpha value is -3.13. The molecule has 146 valence electrons. The topological polar surface area (TPSA) is 99.3 Å². The number of hydrogen-bond donors (Lipinski definition) is 3. The zero-order valence-electron chi connectivity index (χ0n) is 15.4. The molecule has 1 atom stereocenters. The Bertz CT molecular complexity index is 886. The van der Waals surface area contributed by atoms with Crippen LogP contribution in [0, 0.1) is 0 Å². The highest BCUT2D eigenvalue weighted by atomic mass is 35.5. The second-order valence-corrected chi connectivity index (χ2v) is 6.70. The van der Waals surface area contributed by atoms with Crippen LogP contribution >= 0.6 is 11.6 Å². The highest BCUT2D eigenvalue weighted by molar-refractivity contribution is 6.32. The highest BCUT2D eigenvalue weighted by Gasteiger charge is 2.27. The number of anilines is 3. The first kappa shape index (κ1) is 19.6. The van der Waals surface area contributed by atoms with Crippen LogP contribution in [0.4, 0.5) is 17.5 Å². The van der Waals surface area contributed by atoms with Crippen molar-refractivity contribution in [3.05, 3.63) is 53.7 Å². The van der Waals surface area contributed by atoms with Gasteiger partial charge in [-0.25, -0.2) is 4.98 Å². The lowest BCUT2D eigenvalue weighted by atomic mass is 10.2.